The summed E-state index contributed by atoms with van der Waals surface area (Å²) in [4.78, 5) is 0. The Hall–Kier alpha value is 2.84. The molecule has 0 N–H and O–H groups in total. The van der Waals surface area contributed by atoms with Crippen molar-refractivity contribution >= 4 is 0 Å². The minimum atomic E-state index is 0. The molecule has 0 atom stereocenters. The summed E-state index contributed by atoms with van der Waals surface area (Å²) in [5.74, 6) is 0. The van der Waals surface area contributed by atoms with Crippen LogP contribution < -0.4 is 0 Å². The number of hydrogen-bond acceptors (Lipinski definition) is 0. The summed E-state index contributed by atoms with van der Waals surface area (Å²) in [6.45, 7) is 0. The van der Waals surface area contributed by atoms with Gasteiger partial charge in [-0.05, 0) is 0 Å². The molecule has 0 aromatic rings. The van der Waals surface area contributed by atoms with Crippen LogP contribution in [0.3, 0.4) is 0 Å². The van der Waals surface area contributed by atoms with Gasteiger partial charge < -0.3 is 0 Å². The fourth-order valence-corrected chi connectivity index (χ4v) is 0. The SMILES string of the molecule is [Au].[Cr].[Cr].[Cu].[Cu]. The maximum atomic E-state index is 0. The molecule has 5 heavy (non-hydrogen) atoms. The van der Waals surface area contributed by atoms with Crippen molar-refractivity contribution in [1.82, 2.24) is 0 Å². The normalized spacial score (nSPS) is 0. The monoisotopic (exact) mass is 427 g/mol. The molecule has 45 valence electrons. The summed E-state index contributed by atoms with van der Waals surface area (Å²) in [5, 5.41) is 0. The van der Waals surface area contributed by atoms with Crippen molar-refractivity contribution in [3.63, 3.8) is 0 Å². The maximum absolute atomic E-state index is 0. The molecule has 0 aromatic carbocycles. The van der Waals surface area contributed by atoms with Gasteiger partial charge >= 0.3 is 0 Å². The van der Waals surface area contributed by atoms with E-state index < -0.39 is 0 Å². The predicted octanol–water partition coefficient (Wildman–Crippen LogP) is -0.0125. The van der Waals surface area contributed by atoms with E-state index in [9.17, 15) is 0 Å². The van der Waals surface area contributed by atoms with Gasteiger partial charge in [-0.1, -0.05) is 0 Å². The standard InChI is InChI=1S/Au.2Cr.2Cu. The molecule has 3 radical (unpaired) electrons. The second-order valence-corrected chi connectivity index (χ2v) is 0. The van der Waals surface area contributed by atoms with Crippen LogP contribution in [0.15, 0.2) is 0 Å². The van der Waals surface area contributed by atoms with Gasteiger partial charge in [0, 0.05) is 91.2 Å². The zero-order chi connectivity index (χ0) is 0. The van der Waals surface area contributed by atoms with E-state index in [1.165, 1.54) is 0 Å². The van der Waals surface area contributed by atoms with Crippen LogP contribution in [0.1, 0.15) is 0 Å². The third-order valence-corrected chi connectivity index (χ3v) is 0. The second kappa shape index (κ2) is 28.9. The molecule has 0 aliphatic rings. The van der Waals surface area contributed by atoms with Crippen LogP contribution >= 0.6 is 0 Å². The Morgan fingerprint density at radius 2 is 0.600 bits per heavy atom. The first-order valence-corrected chi connectivity index (χ1v) is 0. The summed E-state index contributed by atoms with van der Waals surface area (Å²) in [6, 6.07) is 0. The van der Waals surface area contributed by atoms with Crippen molar-refractivity contribution in [1.29, 1.82) is 0 Å². The van der Waals surface area contributed by atoms with Crippen molar-refractivity contribution < 1.29 is 91.2 Å². The molecule has 0 aliphatic heterocycles. The van der Waals surface area contributed by atoms with E-state index in [2.05, 4.69) is 0 Å². The summed E-state index contributed by atoms with van der Waals surface area (Å²) in [7, 11) is 0. The third-order valence-electron chi connectivity index (χ3n) is 0. The quantitative estimate of drug-likeness (QED) is 0.477. The Labute approximate surface area is 89.9 Å². The van der Waals surface area contributed by atoms with Gasteiger partial charge in [0.25, 0.3) is 0 Å². The molecule has 0 heterocycles. The van der Waals surface area contributed by atoms with E-state index in [0.717, 1.165) is 0 Å². The van der Waals surface area contributed by atoms with Gasteiger partial charge in [-0.15, -0.1) is 0 Å². The van der Waals surface area contributed by atoms with Crippen LogP contribution in [0.2, 0.25) is 0 Å². The van der Waals surface area contributed by atoms with E-state index in [1.54, 1.807) is 0 Å². The minimum Gasteiger partial charge on any atom is 0 e. The van der Waals surface area contributed by atoms with Crippen molar-refractivity contribution in [2.45, 2.75) is 0 Å². The molecule has 0 amide bonds. The van der Waals surface area contributed by atoms with Crippen LogP contribution in [0.4, 0.5) is 0 Å². The van der Waals surface area contributed by atoms with E-state index in [1.807, 2.05) is 0 Å². The molecule has 0 spiro atoms. The fraction of sp³-hybridized carbons (Fsp3) is 0. The third kappa shape index (κ3) is 19.9. The molecule has 5 heteroatoms. The molecule has 0 rings (SSSR count). The number of hydrogen-bond donors (Lipinski definition) is 0. The molecule has 0 fully saturated rings. The van der Waals surface area contributed by atoms with Crippen LogP contribution in [0, 0.1) is 0 Å². The van der Waals surface area contributed by atoms with Crippen LogP contribution in [-0.4, -0.2) is 0 Å². The molecular weight excluding hydrogens is 428 g/mol. The summed E-state index contributed by atoms with van der Waals surface area (Å²) in [6.07, 6.45) is 0. The van der Waals surface area contributed by atoms with Crippen LogP contribution in [-0.2, 0) is 91.2 Å². The zero-order valence-corrected chi connectivity index (χ0v) is 8.32. The van der Waals surface area contributed by atoms with Crippen molar-refractivity contribution in [2.75, 3.05) is 0 Å². The fourth-order valence-electron chi connectivity index (χ4n) is 0. The Morgan fingerprint density at radius 1 is 0.600 bits per heavy atom. The van der Waals surface area contributed by atoms with Gasteiger partial charge in [0.1, 0.15) is 0 Å². The van der Waals surface area contributed by atoms with Gasteiger partial charge in [0.15, 0.2) is 0 Å². The average molecular weight is 428 g/mol. The van der Waals surface area contributed by atoms with E-state index >= 15 is 0 Å². The summed E-state index contributed by atoms with van der Waals surface area (Å²) in [5.41, 5.74) is 0. The molecule has 0 nitrogen and oxygen atoms in total. The average Bonchev–Trinajstić information content (AvgIpc) is 0. The molecule has 0 aliphatic carbocycles. The van der Waals surface area contributed by atoms with Crippen molar-refractivity contribution in [3.05, 3.63) is 0 Å². The maximum Gasteiger partial charge on any atom is 0 e. The largest absolute Gasteiger partial charge is 0 e. The smallest absolute Gasteiger partial charge is 0 e. The molecule has 0 saturated carbocycles. The molecular formula is AuCr2Cu2. The number of rotatable bonds is 0. The van der Waals surface area contributed by atoms with E-state index in [-0.39, 0.29) is 91.2 Å². The van der Waals surface area contributed by atoms with E-state index in [0.29, 0.717) is 0 Å². The molecule has 0 aromatic heterocycles. The van der Waals surface area contributed by atoms with Crippen molar-refractivity contribution in [3.8, 4) is 0 Å². The Balaban J connectivity index is 0. The van der Waals surface area contributed by atoms with Crippen molar-refractivity contribution in [2.24, 2.45) is 0 Å². The molecule has 0 unspecified atom stereocenters. The molecule has 0 bridgehead atoms. The van der Waals surface area contributed by atoms with Gasteiger partial charge in [0.2, 0.25) is 0 Å². The summed E-state index contributed by atoms with van der Waals surface area (Å²) < 4.78 is 0. The minimum absolute atomic E-state index is 0. The first-order chi connectivity index (χ1) is 0. The first kappa shape index (κ1) is 45.4. The zero-order valence-electron chi connectivity index (χ0n) is 1.72. The topological polar surface area (TPSA) is 0 Å². The summed E-state index contributed by atoms with van der Waals surface area (Å²) >= 11 is 0. The first-order valence-electron chi connectivity index (χ1n) is 0. The van der Waals surface area contributed by atoms with Gasteiger partial charge in [-0.25, -0.2) is 0 Å². The van der Waals surface area contributed by atoms with Gasteiger partial charge in [-0.3, -0.25) is 0 Å². The molecule has 0 saturated heterocycles. The van der Waals surface area contributed by atoms with Crippen LogP contribution in [0.5, 0.6) is 0 Å². The van der Waals surface area contributed by atoms with Gasteiger partial charge in [0.05, 0.1) is 0 Å². The van der Waals surface area contributed by atoms with Crippen LogP contribution in [0.25, 0.3) is 0 Å². The predicted molar refractivity (Wildman–Crippen MR) is 0 cm³/mol. The van der Waals surface area contributed by atoms with Gasteiger partial charge in [-0.2, -0.15) is 0 Å². The second-order valence-electron chi connectivity index (χ2n) is 0. The van der Waals surface area contributed by atoms with E-state index in [4.69, 9.17) is 0 Å². The Kier molecular flexibility index (Phi) is 263. The Bertz CT molecular complexity index is 7.61. The Morgan fingerprint density at radius 3 is 0.600 bits per heavy atom.